The molecule has 3 aromatic carbocycles. The minimum atomic E-state index is -0.331. The van der Waals surface area contributed by atoms with Crippen molar-refractivity contribution in [3.63, 3.8) is 0 Å². The summed E-state index contributed by atoms with van der Waals surface area (Å²) in [4.78, 5) is 25.6. The molecular formula is C25H20ClNO5. The molecule has 7 heteroatoms. The van der Waals surface area contributed by atoms with Gasteiger partial charge in [-0.1, -0.05) is 11.6 Å². The molecule has 32 heavy (non-hydrogen) atoms. The summed E-state index contributed by atoms with van der Waals surface area (Å²) in [5, 5.41) is 4.19. The number of anilines is 1. The Morgan fingerprint density at radius 1 is 0.875 bits per heavy atom. The van der Waals surface area contributed by atoms with Crippen molar-refractivity contribution in [2.24, 2.45) is 0 Å². The van der Waals surface area contributed by atoms with E-state index in [1.54, 1.807) is 54.6 Å². The number of ketones is 1. The molecule has 0 atom stereocenters. The van der Waals surface area contributed by atoms with Crippen molar-refractivity contribution < 1.29 is 23.5 Å². The average Bonchev–Trinajstić information content (AvgIpc) is 3.14. The lowest BCUT2D eigenvalue weighted by Crippen LogP contribution is -2.12. The van der Waals surface area contributed by atoms with Gasteiger partial charge in [0.1, 0.15) is 17.1 Å². The molecular weight excluding hydrogens is 430 g/mol. The highest BCUT2D eigenvalue weighted by atomic mass is 35.5. The number of fused-ring (bicyclic) bond motifs is 1. The first-order chi connectivity index (χ1) is 15.4. The lowest BCUT2D eigenvalue weighted by atomic mass is 10.0. The quantitative estimate of drug-likeness (QED) is 0.371. The van der Waals surface area contributed by atoms with E-state index in [0.29, 0.717) is 38.9 Å². The van der Waals surface area contributed by atoms with Crippen molar-refractivity contribution in [1.29, 1.82) is 0 Å². The highest BCUT2D eigenvalue weighted by Crippen LogP contribution is 2.30. The van der Waals surface area contributed by atoms with E-state index >= 15 is 0 Å². The Morgan fingerprint density at radius 3 is 2.16 bits per heavy atom. The van der Waals surface area contributed by atoms with Gasteiger partial charge in [-0.2, -0.15) is 0 Å². The lowest BCUT2D eigenvalue weighted by molar-refractivity contribution is 0.101. The number of carbonyl (C=O) groups is 2. The van der Waals surface area contributed by atoms with Crippen LogP contribution in [0.4, 0.5) is 5.69 Å². The van der Waals surface area contributed by atoms with Crippen molar-refractivity contribution in [2.75, 3.05) is 19.5 Å². The smallest absolute Gasteiger partial charge is 0.255 e. The van der Waals surface area contributed by atoms with E-state index in [1.807, 2.05) is 13.0 Å². The Kier molecular flexibility index (Phi) is 5.88. The molecule has 0 spiro atoms. The van der Waals surface area contributed by atoms with Crippen LogP contribution >= 0.6 is 11.6 Å². The first-order valence-electron chi connectivity index (χ1n) is 9.77. The molecule has 1 aromatic heterocycles. The Morgan fingerprint density at radius 2 is 1.53 bits per heavy atom. The molecule has 0 fully saturated rings. The standard InChI is InChI=1S/C25H20ClNO5/c1-14-21-9-8-18(27-25(29)16-10-19(30-2)13-20(11-16)31-3)12-22(21)32-24(14)23(28)15-4-6-17(26)7-5-15/h4-13H,1-3H3,(H,27,29). The van der Waals surface area contributed by atoms with Crippen molar-refractivity contribution in [3.8, 4) is 11.5 Å². The molecule has 4 aromatic rings. The molecule has 162 valence electrons. The lowest BCUT2D eigenvalue weighted by Gasteiger charge is -2.09. The third-order valence-electron chi connectivity index (χ3n) is 5.12. The first kappa shape index (κ1) is 21.5. The summed E-state index contributed by atoms with van der Waals surface area (Å²) >= 11 is 5.91. The maximum Gasteiger partial charge on any atom is 0.255 e. The van der Waals surface area contributed by atoms with Gasteiger partial charge >= 0.3 is 0 Å². The molecule has 1 amide bonds. The van der Waals surface area contributed by atoms with Crippen LogP contribution in [-0.4, -0.2) is 25.9 Å². The van der Waals surface area contributed by atoms with Crippen LogP contribution in [0.3, 0.4) is 0 Å². The van der Waals surface area contributed by atoms with Crippen molar-refractivity contribution >= 4 is 39.9 Å². The normalized spacial score (nSPS) is 10.8. The van der Waals surface area contributed by atoms with Crippen molar-refractivity contribution in [3.05, 3.63) is 88.1 Å². The summed E-state index contributed by atoms with van der Waals surface area (Å²) in [5.74, 6) is 0.712. The van der Waals surface area contributed by atoms with Gasteiger partial charge in [0.05, 0.1) is 14.2 Å². The van der Waals surface area contributed by atoms with Crippen LogP contribution in [0.25, 0.3) is 11.0 Å². The molecule has 0 aliphatic rings. The molecule has 0 bridgehead atoms. The van der Waals surface area contributed by atoms with Crippen LogP contribution < -0.4 is 14.8 Å². The largest absolute Gasteiger partial charge is 0.497 e. The van der Waals surface area contributed by atoms with Crippen LogP contribution in [0.15, 0.2) is 65.1 Å². The number of amides is 1. The van der Waals surface area contributed by atoms with Gasteiger partial charge in [-0.05, 0) is 55.5 Å². The number of halogens is 1. The van der Waals surface area contributed by atoms with E-state index in [-0.39, 0.29) is 17.5 Å². The summed E-state index contributed by atoms with van der Waals surface area (Å²) in [6.45, 7) is 1.83. The summed E-state index contributed by atoms with van der Waals surface area (Å²) in [6, 6.07) is 16.8. The summed E-state index contributed by atoms with van der Waals surface area (Å²) in [6.07, 6.45) is 0. The number of furan rings is 1. The van der Waals surface area contributed by atoms with Crippen molar-refractivity contribution in [2.45, 2.75) is 6.92 Å². The fourth-order valence-corrected chi connectivity index (χ4v) is 3.52. The molecule has 0 unspecified atom stereocenters. The predicted molar refractivity (Wildman–Crippen MR) is 123 cm³/mol. The number of aryl methyl sites for hydroxylation is 1. The minimum absolute atomic E-state index is 0.232. The number of hydrogen-bond donors (Lipinski definition) is 1. The molecule has 0 aliphatic carbocycles. The predicted octanol–water partition coefficient (Wildman–Crippen LogP) is 5.90. The summed E-state index contributed by atoms with van der Waals surface area (Å²) < 4.78 is 16.3. The van der Waals surface area contributed by atoms with Crippen LogP contribution in [0.2, 0.25) is 5.02 Å². The third-order valence-corrected chi connectivity index (χ3v) is 5.37. The minimum Gasteiger partial charge on any atom is -0.497 e. The van der Waals surface area contributed by atoms with Gasteiger partial charge in [0.2, 0.25) is 5.78 Å². The van der Waals surface area contributed by atoms with Gasteiger partial charge in [0.25, 0.3) is 5.91 Å². The molecule has 0 saturated carbocycles. The Balaban J connectivity index is 1.62. The van der Waals surface area contributed by atoms with Gasteiger partial charge in [-0.25, -0.2) is 0 Å². The second kappa shape index (κ2) is 8.77. The summed E-state index contributed by atoms with van der Waals surface area (Å²) in [7, 11) is 3.04. The van der Waals surface area contributed by atoms with Gasteiger partial charge in [-0.3, -0.25) is 9.59 Å². The molecule has 1 N–H and O–H groups in total. The van der Waals surface area contributed by atoms with E-state index < -0.39 is 0 Å². The topological polar surface area (TPSA) is 77.8 Å². The zero-order chi connectivity index (χ0) is 22.8. The third kappa shape index (κ3) is 4.18. The fraction of sp³-hybridized carbons (Fsp3) is 0.120. The van der Waals surface area contributed by atoms with E-state index in [4.69, 9.17) is 25.5 Å². The number of benzene rings is 3. The second-order valence-electron chi connectivity index (χ2n) is 7.16. The highest BCUT2D eigenvalue weighted by molar-refractivity contribution is 6.30. The van der Waals surface area contributed by atoms with Crippen molar-refractivity contribution in [1.82, 2.24) is 0 Å². The Hall–Kier alpha value is -3.77. The van der Waals surface area contributed by atoms with Crippen LogP contribution in [0.5, 0.6) is 11.5 Å². The second-order valence-corrected chi connectivity index (χ2v) is 7.60. The molecule has 4 rings (SSSR count). The molecule has 0 radical (unpaired) electrons. The van der Waals surface area contributed by atoms with E-state index in [1.165, 1.54) is 14.2 Å². The Labute approximate surface area is 189 Å². The molecule has 6 nitrogen and oxygen atoms in total. The number of nitrogens with one attached hydrogen (secondary N) is 1. The van der Waals surface area contributed by atoms with E-state index in [2.05, 4.69) is 5.32 Å². The van der Waals surface area contributed by atoms with Gasteiger partial charge in [0.15, 0.2) is 5.76 Å². The molecule has 0 aliphatic heterocycles. The maximum atomic E-state index is 12.9. The number of methoxy groups -OCH3 is 2. The average molecular weight is 450 g/mol. The number of rotatable bonds is 6. The van der Waals surface area contributed by atoms with E-state index in [0.717, 1.165) is 10.9 Å². The van der Waals surface area contributed by atoms with Gasteiger partial charge < -0.3 is 19.2 Å². The number of ether oxygens (including phenoxy) is 2. The SMILES string of the molecule is COc1cc(OC)cc(C(=O)Nc2ccc3c(C)c(C(=O)c4ccc(Cl)cc4)oc3c2)c1. The first-order valence-corrected chi connectivity index (χ1v) is 10.1. The fourth-order valence-electron chi connectivity index (χ4n) is 3.39. The summed E-state index contributed by atoms with van der Waals surface area (Å²) in [5.41, 5.74) is 2.63. The van der Waals surface area contributed by atoms with E-state index in [9.17, 15) is 9.59 Å². The maximum absolute atomic E-state index is 12.9. The number of carbonyl (C=O) groups excluding carboxylic acids is 2. The van der Waals surface area contributed by atoms with Crippen LogP contribution in [0, 0.1) is 6.92 Å². The van der Waals surface area contributed by atoms with Crippen LogP contribution in [-0.2, 0) is 0 Å². The zero-order valence-electron chi connectivity index (χ0n) is 17.7. The molecule has 1 heterocycles. The van der Waals surface area contributed by atoms with Gasteiger partial charge in [0, 0.05) is 44.9 Å². The monoisotopic (exact) mass is 449 g/mol. The zero-order valence-corrected chi connectivity index (χ0v) is 18.4. The van der Waals surface area contributed by atoms with Gasteiger partial charge in [-0.15, -0.1) is 0 Å². The number of hydrogen-bond acceptors (Lipinski definition) is 5. The highest BCUT2D eigenvalue weighted by Gasteiger charge is 2.20. The molecule has 0 saturated heterocycles. The van der Waals surface area contributed by atoms with Crippen LogP contribution in [0.1, 0.15) is 32.0 Å². The Bertz CT molecular complexity index is 1300.